The SMILES string of the molecule is CCNC(=NCc1ccc(S(C)(=O)=O)c(C)c1)NCCCOCC1CCCO1.I. The Hall–Kier alpha value is -0.910. The molecule has 166 valence electrons. The Bertz CT molecular complexity index is 750. The lowest BCUT2D eigenvalue weighted by atomic mass is 10.1. The Morgan fingerprint density at radius 3 is 2.76 bits per heavy atom. The summed E-state index contributed by atoms with van der Waals surface area (Å²) in [6.45, 7) is 8.08. The fourth-order valence-corrected chi connectivity index (χ4v) is 4.07. The molecule has 1 atom stereocenters. The maximum atomic E-state index is 11.7. The highest BCUT2D eigenvalue weighted by atomic mass is 127. The van der Waals surface area contributed by atoms with Crippen LogP contribution in [0.25, 0.3) is 0 Å². The van der Waals surface area contributed by atoms with Gasteiger partial charge in [-0.25, -0.2) is 13.4 Å². The third kappa shape index (κ3) is 9.63. The zero-order valence-electron chi connectivity index (χ0n) is 17.6. The van der Waals surface area contributed by atoms with E-state index in [-0.39, 0.29) is 30.1 Å². The van der Waals surface area contributed by atoms with Crippen LogP contribution in [0.15, 0.2) is 28.1 Å². The van der Waals surface area contributed by atoms with Gasteiger partial charge in [0.15, 0.2) is 15.8 Å². The maximum Gasteiger partial charge on any atom is 0.191 e. The van der Waals surface area contributed by atoms with Crippen molar-refractivity contribution < 1.29 is 17.9 Å². The molecule has 0 saturated carbocycles. The molecule has 1 unspecified atom stereocenters. The summed E-state index contributed by atoms with van der Waals surface area (Å²) in [6.07, 6.45) is 4.61. The zero-order valence-corrected chi connectivity index (χ0v) is 20.7. The predicted molar refractivity (Wildman–Crippen MR) is 127 cm³/mol. The Morgan fingerprint density at radius 1 is 1.34 bits per heavy atom. The van der Waals surface area contributed by atoms with Crippen LogP contribution >= 0.6 is 24.0 Å². The highest BCUT2D eigenvalue weighted by Crippen LogP contribution is 2.17. The van der Waals surface area contributed by atoms with E-state index in [1.165, 1.54) is 6.26 Å². The highest BCUT2D eigenvalue weighted by Gasteiger charge is 2.15. The minimum atomic E-state index is -3.20. The number of nitrogens with one attached hydrogen (secondary N) is 2. The van der Waals surface area contributed by atoms with E-state index in [1.54, 1.807) is 6.07 Å². The maximum absolute atomic E-state index is 11.7. The molecule has 0 amide bonds. The lowest BCUT2D eigenvalue weighted by Gasteiger charge is -2.13. The monoisotopic (exact) mass is 539 g/mol. The Labute approximate surface area is 192 Å². The van der Waals surface area contributed by atoms with Crippen LogP contribution in [0.2, 0.25) is 0 Å². The quantitative estimate of drug-likeness (QED) is 0.206. The molecule has 1 aromatic rings. The molecule has 1 aliphatic heterocycles. The van der Waals surface area contributed by atoms with Crippen LogP contribution in [0.3, 0.4) is 0 Å². The van der Waals surface area contributed by atoms with Crippen LogP contribution in [-0.4, -0.2) is 59.6 Å². The minimum absolute atomic E-state index is 0. The van der Waals surface area contributed by atoms with Gasteiger partial charge in [0.25, 0.3) is 0 Å². The summed E-state index contributed by atoms with van der Waals surface area (Å²) >= 11 is 0. The molecule has 29 heavy (non-hydrogen) atoms. The lowest BCUT2D eigenvalue weighted by Crippen LogP contribution is -2.38. The summed E-state index contributed by atoms with van der Waals surface area (Å²) in [5.41, 5.74) is 1.72. The molecular formula is C20H34IN3O4S. The Kier molecular flexibility index (Phi) is 12.1. The van der Waals surface area contributed by atoms with E-state index >= 15 is 0 Å². The van der Waals surface area contributed by atoms with Crippen molar-refractivity contribution in [2.45, 2.75) is 50.7 Å². The smallest absolute Gasteiger partial charge is 0.191 e. The van der Waals surface area contributed by atoms with Crippen LogP contribution in [0.5, 0.6) is 0 Å². The molecule has 2 rings (SSSR count). The van der Waals surface area contributed by atoms with Crippen molar-refractivity contribution in [1.82, 2.24) is 10.6 Å². The second-order valence-corrected chi connectivity index (χ2v) is 9.04. The molecule has 0 aromatic heterocycles. The molecule has 1 saturated heterocycles. The molecule has 0 spiro atoms. The number of sulfone groups is 1. The lowest BCUT2D eigenvalue weighted by molar-refractivity contribution is 0.0168. The Balaban J connectivity index is 0.00000420. The molecule has 1 fully saturated rings. The van der Waals surface area contributed by atoms with Crippen LogP contribution in [0, 0.1) is 6.92 Å². The first kappa shape index (κ1) is 26.1. The van der Waals surface area contributed by atoms with Crippen molar-refractivity contribution in [3.05, 3.63) is 29.3 Å². The largest absolute Gasteiger partial charge is 0.379 e. The third-order valence-corrected chi connectivity index (χ3v) is 5.75. The van der Waals surface area contributed by atoms with Gasteiger partial charge >= 0.3 is 0 Å². The van der Waals surface area contributed by atoms with Crippen LogP contribution in [-0.2, 0) is 25.9 Å². The van der Waals surface area contributed by atoms with Crippen molar-refractivity contribution >= 4 is 39.8 Å². The van der Waals surface area contributed by atoms with Crippen molar-refractivity contribution in [2.75, 3.05) is 39.2 Å². The van der Waals surface area contributed by atoms with Crippen LogP contribution in [0.1, 0.15) is 37.3 Å². The molecular weight excluding hydrogens is 505 g/mol. The summed E-state index contributed by atoms with van der Waals surface area (Å²) in [5, 5.41) is 6.52. The summed E-state index contributed by atoms with van der Waals surface area (Å²) in [4.78, 5) is 4.95. The van der Waals surface area contributed by atoms with E-state index in [9.17, 15) is 8.42 Å². The van der Waals surface area contributed by atoms with Gasteiger partial charge in [0, 0.05) is 32.6 Å². The molecule has 1 aromatic carbocycles. The molecule has 1 aliphatic rings. The normalized spacial score (nSPS) is 17.1. The number of hydrogen-bond donors (Lipinski definition) is 2. The summed E-state index contributed by atoms with van der Waals surface area (Å²) in [7, 11) is -3.20. The number of guanidine groups is 1. The molecule has 7 nitrogen and oxygen atoms in total. The van der Waals surface area contributed by atoms with E-state index in [0.717, 1.165) is 56.0 Å². The summed E-state index contributed by atoms with van der Waals surface area (Å²) < 4.78 is 34.6. The second-order valence-electron chi connectivity index (χ2n) is 7.06. The highest BCUT2D eigenvalue weighted by molar-refractivity contribution is 14.0. The fourth-order valence-electron chi connectivity index (χ4n) is 3.11. The molecule has 0 bridgehead atoms. The summed E-state index contributed by atoms with van der Waals surface area (Å²) in [5.74, 6) is 0.742. The fraction of sp³-hybridized carbons (Fsp3) is 0.650. The molecule has 9 heteroatoms. The second kappa shape index (κ2) is 13.4. The van der Waals surface area contributed by atoms with E-state index < -0.39 is 9.84 Å². The average Bonchev–Trinajstić information content (AvgIpc) is 3.15. The van der Waals surface area contributed by atoms with Crippen molar-refractivity contribution in [3.63, 3.8) is 0 Å². The molecule has 1 heterocycles. The van der Waals surface area contributed by atoms with Gasteiger partial charge in [-0.3, -0.25) is 0 Å². The van der Waals surface area contributed by atoms with Crippen molar-refractivity contribution in [1.29, 1.82) is 0 Å². The Morgan fingerprint density at radius 2 is 2.14 bits per heavy atom. The molecule has 0 aliphatic carbocycles. The van der Waals surface area contributed by atoms with Gasteiger partial charge < -0.3 is 20.1 Å². The van der Waals surface area contributed by atoms with Crippen LogP contribution in [0.4, 0.5) is 0 Å². The average molecular weight is 539 g/mol. The van der Waals surface area contributed by atoms with Gasteiger partial charge in [-0.05, 0) is 50.3 Å². The number of nitrogens with zero attached hydrogens (tertiary/aromatic N) is 1. The standard InChI is InChI=1S/C20H33N3O4S.HI/c1-4-21-20(22-10-6-11-26-15-18-7-5-12-27-18)23-14-17-8-9-19(16(2)13-17)28(3,24)25;/h8-9,13,18H,4-7,10-12,14-15H2,1-3H3,(H2,21,22,23);1H. The first-order valence-electron chi connectivity index (χ1n) is 9.91. The third-order valence-electron chi connectivity index (χ3n) is 4.49. The molecule has 0 radical (unpaired) electrons. The topological polar surface area (TPSA) is 89.0 Å². The van der Waals surface area contributed by atoms with Gasteiger partial charge in [0.1, 0.15) is 0 Å². The van der Waals surface area contributed by atoms with Gasteiger partial charge in [0.05, 0.1) is 24.2 Å². The number of rotatable bonds is 10. The van der Waals surface area contributed by atoms with E-state index in [4.69, 9.17) is 9.47 Å². The van der Waals surface area contributed by atoms with E-state index in [2.05, 4.69) is 15.6 Å². The number of aryl methyl sites for hydroxylation is 1. The number of halogens is 1. The van der Waals surface area contributed by atoms with Gasteiger partial charge in [-0.1, -0.05) is 12.1 Å². The number of benzene rings is 1. The molecule has 2 N–H and O–H groups in total. The number of hydrogen-bond acceptors (Lipinski definition) is 5. The van der Waals surface area contributed by atoms with Gasteiger partial charge in [0.2, 0.25) is 0 Å². The predicted octanol–water partition coefficient (Wildman–Crippen LogP) is 2.66. The zero-order chi connectivity index (χ0) is 20.4. The summed E-state index contributed by atoms with van der Waals surface area (Å²) in [6, 6.07) is 5.35. The number of ether oxygens (including phenoxy) is 2. The van der Waals surface area contributed by atoms with E-state index in [0.29, 0.717) is 24.7 Å². The van der Waals surface area contributed by atoms with Crippen LogP contribution < -0.4 is 10.6 Å². The van der Waals surface area contributed by atoms with E-state index in [1.807, 2.05) is 26.0 Å². The number of aliphatic imine (C=N–C) groups is 1. The van der Waals surface area contributed by atoms with Gasteiger partial charge in [-0.15, -0.1) is 24.0 Å². The van der Waals surface area contributed by atoms with Crippen molar-refractivity contribution in [2.24, 2.45) is 4.99 Å². The van der Waals surface area contributed by atoms with Gasteiger partial charge in [-0.2, -0.15) is 0 Å². The van der Waals surface area contributed by atoms with Crippen molar-refractivity contribution in [3.8, 4) is 0 Å². The first-order chi connectivity index (χ1) is 13.4. The first-order valence-corrected chi connectivity index (χ1v) is 11.8. The minimum Gasteiger partial charge on any atom is -0.379 e.